The van der Waals surface area contributed by atoms with Crippen molar-refractivity contribution < 1.29 is 14.6 Å². The van der Waals surface area contributed by atoms with E-state index >= 15 is 0 Å². The van der Waals surface area contributed by atoms with E-state index in [1.807, 2.05) is 13.0 Å². The summed E-state index contributed by atoms with van der Waals surface area (Å²) in [5.41, 5.74) is 7.82. The molecule has 0 saturated heterocycles. The Kier molecular flexibility index (Phi) is 2.36. The molecule has 0 radical (unpaired) electrons. The van der Waals surface area contributed by atoms with E-state index in [4.69, 9.17) is 15.6 Å². The van der Waals surface area contributed by atoms with Crippen molar-refractivity contribution in [3.05, 3.63) is 28.8 Å². The summed E-state index contributed by atoms with van der Waals surface area (Å²) in [5.74, 6) is -0.532. The lowest BCUT2D eigenvalue weighted by Gasteiger charge is -2.24. The van der Waals surface area contributed by atoms with Crippen LogP contribution in [-0.4, -0.2) is 17.7 Å². The molecule has 0 unspecified atom stereocenters. The number of ether oxygens (including phenoxy) is 1. The Hall–Kier alpha value is -1.55. The maximum Gasteiger partial charge on any atom is 0.339 e. The van der Waals surface area contributed by atoms with Crippen LogP contribution >= 0.6 is 0 Å². The predicted octanol–water partition coefficient (Wildman–Crippen LogP) is 1.48. The number of fused-ring (bicyclic) bond motifs is 1. The molecule has 3 N–H and O–H groups in total. The number of hydrogen-bond acceptors (Lipinski definition) is 3. The minimum Gasteiger partial charge on any atom is -0.492 e. The number of benzene rings is 1. The fraction of sp³-hybridized carbons (Fsp3) is 0.364. The van der Waals surface area contributed by atoms with Gasteiger partial charge >= 0.3 is 5.97 Å². The quantitative estimate of drug-likeness (QED) is 0.731. The third-order valence-electron chi connectivity index (χ3n) is 2.57. The van der Waals surface area contributed by atoms with Crippen LogP contribution in [0.4, 0.5) is 0 Å². The van der Waals surface area contributed by atoms with Crippen LogP contribution in [0.2, 0.25) is 0 Å². The SMILES string of the molecule is Cc1cc(C(=O)O)c2c(c1)[C@H](N)CCO2. The van der Waals surface area contributed by atoms with E-state index in [-0.39, 0.29) is 11.6 Å². The lowest BCUT2D eigenvalue weighted by atomic mass is 9.96. The Morgan fingerprint density at radius 3 is 3.00 bits per heavy atom. The van der Waals surface area contributed by atoms with Gasteiger partial charge in [0.2, 0.25) is 0 Å². The molecule has 0 amide bonds. The van der Waals surface area contributed by atoms with Gasteiger partial charge in [0, 0.05) is 18.0 Å². The highest BCUT2D eigenvalue weighted by Gasteiger charge is 2.24. The smallest absolute Gasteiger partial charge is 0.339 e. The summed E-state index contributed by atoms with van der Waals surface area (Å²) in [7, 11) is 0. The van der Waals surface area contributed by atoms with Crippen LogP contribution in [0.5, 0.6) is 5.75 Å². The van der Waals surface area contributed by atoms with Crippen LogP contribution < -0.4 is 10.5 Å². The largest absolute Gasteiger partial charge is 0.492 e. The molecule has 4 heteroatoms. The van der Waals surface area contributed by atoms with Crippen LogP contribution in [0.3, 0.4) is 0 Å². The van der Waals surface area contributed by atoms with Gasteiger partial charge in [-0.3, -0.25) is 0 Å². The van der Waals surface area contributed by atoms with Gasteiger partial charge in [-0.25, -0.2) is 4.79 Å². The van der Waals surface area contributed by atoms with Gasteiger partial charge in [-0.15, -0.1) is 0 Å². The van der Waals surface area contributed by atoms with Crippen molar-refractivity contribution in [1.29, 1.82) is 0 Å². The number of aryl methyl sites for hydroxylation is 1. The van der Waals surface area contributed by atoms with E-state index in [0.717, 1.165) is 17.5 Å². The number of hydrogen-bond donors (Lipinski definition) is 2. The zero-order chi connectivity index (χ0) is 11.0. The number of carboxylic acids is 1. The lowest BCUT2D eigenvalue weighted by molar-refractivity contribution is 0.0690. The first-order valence-electron chi connectivity index (χ1n) is 4.86. The Labute approximate surface area is 87.7 Å². The Balaban J connectivity index is 2.62. The lowest BCUT2D eigenvalue weighted by Crippen LogP contribution is -2.22. The van der Waals surface area contributed by atoms with E-state index in [1.54, 1.807) is 6.07 Å². The number of carboxylic acid groups (broad SMARTS) is 1. The first-order valence-corrected chi connectivity index (χ1v) is 4.86. The van der Waals surface area contributed by atoms with E-state index in [2.05, 4.69) is 0 Å². The highest BCUT2D eigenvalue weighted by Crippen LogP contribution is 2.34. The molecule has 4 nitrogen and oxygen atoms in total. The van der Waals surface area contributed by atoms with E-state index in [1.165, 1.54) is 0 Å². The molecule has 0 saturated carbocycles. The molecule has 1 atom stereocenters. The highest BCUT2D eigenvalue weighted by atomic mass is 16.5. The van der Waals surface area contributed by atoms with Gasteiger partial charge in [-0.2, -0.15) is 0 Å². The molecule has 2 rings (SSSR count). The van der Waals surface area contributed by atoms with Crippen molar-refractivity contribution in [2.45, 2.75) is 19.4 Å². The van der Waals surface area contributed by atoms with E-state index < -0.39 is 5.97 Å². The molecular formula is C11H13NO3. The summed E-state index contributed by atoms with van der Waals surface area (Å²) in [5, 5.41) is 9.03. The maximum absolute atomic E-state index is 11.0. The van der Waals surface area contributed by atoms with Gasteiger partial charge in [0.05, 0.1) is 6.61 Å². The third kappa shape index (κ3) is 1.68. The monoisotopic (exact) mass is 207 g/mol. The van der Waals surface area contributed by atoms with Gasteiger partial charge < -0.3 is 15.6 Å². The van der Waals surface area contributed by atoms with Gasteiger partial charge in [0.15, 0.2) is 0 Å². The highest BCUT2D eigenvalue weighted by molar-refractivity contribution is 5.92. The first kappa shape index (κ1) is 9.98. The van der Waals surface area contributed by atoms with Crippen molar-refractivity contribution in [3.63, 3.8) is 0 Å². The zero-order valence-electron chi connectivity index (χ0n) is 8.49. The number of aromatic carboxylic acids is 1. The van der Waals surface area contributed by atoms with Crippen LogP contribution in [0, 0.1) is 6.92 Å². The number of nitrogens with two attached hydrogens (primary N) is 1. The molecule has 0 spiro atoms. The van der Waals surface area contributed by atoms with Crippen molar-refractivity contribution in [1.82, 2.24) is 0 Å². The molecule has 0 aromatic heterocycles. The zero-order valence-corrected chi connectivity index (χ0v) is 8.49. The summed E-state index contributed by atoms with van der Waals surface area (Å²) in [6.45, 7) is 2.34. The molecule has 1 aromatic rings. The van der Waals surface area contributed by atoms with E-state index in [0.29, 0.717) is 12.4 Å². The summed E-state index contributed by atoms with van der Waals surface area (Å²) in [6, 6.07) is 3.39. The Bertz CT molecular complexity index is 415. The van der Waals surface area contributed by atoms with Crippen LogP contribution in [0.1, 0.15) is 33.9 Å². The standard InChI is InChI=1S/C11H13NO3/c1-6-4-7-9(12)2-3-15-10(7)8(5-6)11(13)14/h4-5,9H,2-3,12H2,1H3,(H,13,14)/t9-/m1/s1. The molecule has 0 aliphatic carbocycles. The van der Waals surface area contributed by atoms with Gasteiger partial charge in [0.1, 0.15) is 11.3 Å². The molecule has 1 heterocycles. The normalized spacial score (nSPS) is 19.2. The number of carbonyl (C=O) groups is 1. The molecule has 1 aromatic carbocycles. The summed E-state index contributed by atoms with van der Waals surface area (Å²) < 4.78 is 5.38. The Morgan fingerprint density at radius 2 is 2.33 bits per heavy atom. The van der Waals surface area contributed by atoms with Crippen molar-refractivity contribution in [3.8, 4) is 5.75 Å². The summed E-state index contributed by atoms with van der Waals surface area (Å²) >= 11 is 0. The molecule has 1 aliphatic rings. The van der Waals surface area contributed by atoms with Crippen molar-refractivity contribution in [2.75, 3.05) is 6.61 Å². The molecule has 0 fully saturated rings. The molecule has 15 heavy (non-hydrogen) atoms. The minimum atomic E-state index is -0.968. The molecule has 80 valence electrons. The summed E-state index contributed by atoms with van der Waals surface area (Å²) in [4.78, 5) is 11.0. The average Bonchev–Trinajstić information content (AvgIpc) is 2.18. The van der Waals surface area contributed by atoms with Crippen LogP contribution in [0.25, 0.3) is 0 Å². The molecule has 1 aliphatic heterocycles. The Morgan fingerprint density at radius 1 is 1.60 bits per heavy atom. The first-order chi connectivity index (χ1) is 7.09. The van der Waals surface area contributed by atoms with Crippen LogP contribution in [-0.2, 0) is 0 Å². The van der Waals surface area contributed by atoms with E-state index in [9.17, 15) is 4.79 Å². The minimum absolute atomic E-state index is 0.119. The van der Waals surface area contributed by atoms with Gasteiger partial charge in [-0.05, 0) is 18.6 Å². The predicted molar refractivity (Wildman–Crippen MR) is 55.2 cm³/mol. The van der Waals surface area contributed by atoms with Gasteiger partial charge in [-0.1, -0.05) is 6.07 Å². The van der Waals surface area contributed by atoms with Crippen molar-refractivity contribution in [2.24, 2.45) is 5.73 Å². The second-order valence-electron chi connectivity index (χ2n) is 3.78. The fourth-order valence-corrected chi connectivity index (χ4v) is 1.84. The molecular weight excluding hydrogens is 194 g/mol. The fourth-order valence-electron chi connectivity index (χ4n) is 1.84. The van der Waals surface area contributed by atoms with Crippen LogP contribution in [0.15, 0.2) is 12.1 Å². The maximum atomic E-state index is 11.0. The molecule has 0 bridgehead atoms. The topological polar surface area (TPSA) is 72.5 Å². The second-order valence-corrected chi connectivity index (χ2v) is 3.78. The number of rotatable bonds is 1. The van der Waals surface area contributed by atoms with Crippen molar-refractivity contribution >= 4 is 5.97 Å². The average molecular weight is 207 g/mol. The third-order valence-corrected chi connectivity index (χ3v) is 2.57. The second kappa shape index (κ2) is 3.55. The summed E-state index contributed by atoms with van der Waals surface area (Å²) in [6.07, 6.45) is 0.732. The van der Waals surface area contributed by atoms with Gasteiger partial charge in [0.25, 0.3) is 0 Å².